The number of aliphatic imine (C=N–C) groups is 1. The summed E-state index contributed by atoms with van der Waals surface area (Å²) in [4.78, 5) is 29.6. The Hall–Kier alpha value is -3.11. The van der Waals surface area contributed by atoms with Gasteiger partial charge in [0.2, 0.25) is 0 Å². The van der Waals surface area contributed by atoms with E-state index >= 15 is 0 Å². The van der Waals surface area contributed by atoms with Crippen molar-refractivity contribution < 1.29 is 22.8 Å². The summed E-state index contributed by atoms with van der Waals surface area (Å²) in [5.74, 6) is -0.265. The number of benzene rings is 2. The standard InChI is InChI=1S/C22H14ClF3N4O2S/c23-15-3-2-13(17(7-15)22(24,25)26)9-30-18-4-1-12(5-14(18)8-27-30)6-19-20(32)28-21(33-19)29-10-16(31)11-29/h1-8H,9-11H2/b19-6-. The first-order valence-corrected chi connectivity index (χ1v) is 11.0. The van der Waals surface area contributed by atoms with E-state index in [1.165, 1.54) is 28.6 Å². The first-order chi connectivity index (χ1) is 15.7. The quantitative estimate of drug-likeness (QED) is 0.501. The first kappa shape index (κ1) is 21.7. The molecule has 2 aromatic carbocycles. The van der Waals surface area contributed by atoms with E-state index in [1.54, 1.807) is 35.4 Å². The molecule has 0 aliphatic carbocycles. The maximum atomic E-state index is 13.4. The van der Waals surface area contributed by atoms with E-state index in [0.29, 0.717) is 15.6 Å². The summed E-state index contributed by atoms with van der Waals surface area (Å²) < 4.78 is 41.7. The van der Waals surface area contributed by atoms with Gasteiger partial charge in [0.15, 0.2) is 11.0 Å². The number of hydrogen-bond acceptors (Lipinski definition) is 5. The highest BCUT2D eigenvalue weighted by Gasteiger charge is 2.34. The summed E-state index contributed by atoms with van der Waals surface area (Å²) in [5.41, 5.74) is 0.653. The number of carbonyl (C=O) groups is 2. The molecule has 1 aromatic heterocycles. The molecule has 168 valence electrons. The lowest BCUT2D eigenvalue weighted by atomic mass is 10.1. The van der Waals surface area contributed by atoms with Crippen molar-refractivity contribution in [2.24, 2.45) is 4.99 Å². The van der Waals surface area contributed by atoms with Crippen LogP contribution in [-0.4, -0.2) is 44.6 Å². The first-order valence-electron chi connectivity index (χ1n) is 9.78. The van der Waals surface area contributed by atoms with Crippen molar-refractivity contribution in [3.8, 4) is 0 Å². The number of aromatic nitrogens is 2. The van der Waals surface area contributed by atoms with Gasteiger partial charge < -0.3 is 4.90 Å². The van der Waals surface area contributed by atoms with Crippen molar-refractivity contribution in [3.63, 3.8) is 0 Å². The molecule has 6 nitrogen and oxygen atoms in total. The van der Waals surface area contributed by atoms with Crippen LogP contribution in [0.25, 0.3) is 17.0 Å². The summed E-state index contributed by atoms with van der Waals surface area (Å²) in [6, 6.07) is 9.00. The van der Waals surface area contributed by atoms with Gasteiger partial charge in [-0.3, -0.25) is 14.3 Å². The molecule has 2 aliphatic rings. The van der Waals surface area contributed by atoms with E-state index in [2.05, 4.69) is 10.1 Å². The topological polar surface area (TPSA) is 67.6 Å². The Morgan fingerprint density at radius 2 is 1.91 bits per heavy atom. The lowest BCUT2D eigenvalue weighted by Crippen LogP contribution is -2.49. The molecule has 3 heterocycles. The molecule has 0 unspecified atom stereocenters. The summed E-state index contributed by atoms with van der Waals surface area (Å²) in [5, 5.41) is 5.50. The Labute approximate surface area is 194 Å². The molecule has 1 amide bonds. The maximum Gasteiger partial charge on any atom is 0.416 e. The second-order valence-electron chi connectivity index (χ2n) is 7.62. The molecule has 5 rings (SSSR count). The smallest absolute Gasteiger partial charge is 0.336 e. The van der Waals surface area contributed by atoms with E-state index in [1.807, 2.05) is 0 Å². The third-order valence-corrected chi connectivity index (χ3v) is 6.55. The number of ketones is 1. The van der Waals surface area contributed by atoms with Crippen LogP contribution in [0, 0.1) is 0 Å². The van der Waals surface area contributed by atoms with E-state index in [-0.39, 0.29) is 41.9 Å². The third kappa shape index (κ3) is 4.28. The molecule has 1 fully saturated rings. The normalized spacial score (nSPS) is 17.8. The average Bonchev–Trinajstić information content (AvgIpc) is 3.29. The van der Waals surface area contributed by atoms with Crippen molar-refractivity contribution in [2.45, 2.75) is 12.7 Å². The molecular weight excluding hydrogens is 477 g/mol. The predicted molar refractivity (Wildman–Crippen MR) is 120 cm³/mol. The van der Waals surface area contributed by atoms with Gasteiger partial charge in [-0.15, -0.1) is 0 Å². The van der Waals surface area contributed by atoms with Gasteiger partial charge in [0, 0.05) is 10.4 Å². The predicted octanol–water partition coefficient (Wildman–Crippen LogP) is 4.61. The highest BCUT2D eigenvalue weighted by molar-refractivity contribution is 8.18. The van der Waals surface area contributed by atoms with Gasteiger partial charge in [-0.2, -0.15) is 23.3 Å². The van der Waals surface area contributed by atoms with Crippen molar-refractivity contribution in [1.29, 1.82) is 0 Å². The molecule has 1 saturated heterocycles. The fourth-order valence-electron chi connectivity index (χ4n) is 3.63. The van der Waals surface area contributed by atoms with Crippen LogP contribution < -0.4 is 0 Å². The maximum absolute atomic E-state index is 13.4. The van der Waals surface area contributed by atoms with Gasteiger partial charge in [-0.25, -0.2) is 0 Å². The van der Waals surface area contributed by atoms with Crippen molar-refractivity contribution in [1.82, 2.24) is 14.7 Å². The number of nitrogens with zero attached hydrogens (tertiary/aromatic N) is 4. The van der Waals surface area contributed by atoms with Gasteiger partial charge in [0.05, 0.1) is 41.8 Å². The van der Waals surface area contributed by atoms with E-state index < -0.39 is 11.7 Å². The largest absolute Gasteiger partial charge is 0.416 e. The molecule has 0 radical (unpaired) electrons. The molecule has 0 saturated carbocycles. The van der Waals surface area contributed by atoms with Crippen LogP contribution in [0.5, 0.6) is 0 Å². The molecular formula is C22H14ClF3N4O2S. The van der Waals surface area contributed by atoms with Gasteiger partial charge in [0.25, 0.3) is 5.91 Å². The van der Waals surface area contributed by atoms with Gasteiger partial charge in [-0.05, 0) is 53.2 Å². The van der Waals surface area contributed by atoms with Crippen LogP contribution in [0.1, 0.15) is 16.7 Å². The fourth-order valence-corrected chi connectivity index (χ4v) is 4.72. The van der Waals surface area contributed by atoms with E-state index in [9.17, 15) is 22.8 Å². The number of halogens is 4. The van der Waals surface area contributed by atoms with Gasteiger partial charge in [-0.1, -0.05) is 23.7 Å². The molecule has 0 spiro atoms. The molecule has 33 heavy (non-hydrogen) atoms. The number of likely N-dealkylation sites (tertiary alicyclic amines) is 1. The van der Waals surface area contributed by atoms with Crippen LogP contribution in [0.4, 0.5) is 13.2 Å². The monoisotopic (exact) mass is 490 g/mol. The number of alkyl halides is 3. The zero-order valence-corrected chi connectivity index (χ0v) is 18.3. The van der Waals surface area contributed by atoms with Crippen molar-refractivity contribution in [2.75, 3.05) is 13.1 Å². The minimum atomic E-state index is -4.53. The van der Waals surface area contributed by atoms with Crippen LogP contribution >= 0.6 is 23.4 Å². The van der Waals surface area contributed by atoms with Gasteiger partial charge >= 0.3 is 6.18 Å². The number of Topliss-reactive ketones (excluding diaryl/α,β-unsaturated/α-hetero) is 1. The second-order valence-corrected chi connectivity index (χ2v) is 9.07. The number of carbonyl (C=O) groups excluding carboxylic acids is 2. The average molecular weight is 491 g/mol. The Bertz CT molecular complexity index is 1370. The van der Waals surface area contributed by atoms with Crippen molar-refractivity contribution in [3.05, 3.63) is 69.2 Å². The minimum absolute atomic E-state index is 0.0150. The molecule has 0 bridgehead atoms. The van der Waals surface area contributed by atoms with E-state index in [4.69, 9.17) is 11.6 Å². The highest BCUT2D eigenvalue weighted by Crippen LogP contribution is 2.35. The van der Waals surface area contributed by atoms with Crippen molar-refractivity contribution >= 4 is 57.2 Å². The number of amides is 1. The minimum Gasteiger partial charge on any atom is -0.336 e. The molecule has 0 atom stereocenters. The SMILES string of the molecule is O=C1CN(C2=NC(=O)/C(=C/c3ccc4c(cnn4Cc4ccc(Cl)cc4C(F)(F)F)c3)S2)C1. The summed E-state index contributed by atoms with van der Waals surface area (Å²) in [6.45, 7) is 0.457. The number of rotatable bonds is 3. The molecule has 0 N–H and O–H groups in total. The van der Waals surface area contributed by atoms with Crippen LogP contribution in [0.2, 0.25) is 5.02 Å². The zero-order valence-electron chi connectivity index (χ0n) is 16.8. The lowest BCUT2D eigenvalue weighted by Gasteiger charge is -2.29. The van der Waals surface area contributed by atoms with Crippen LogP contribution in [-0.2, 0) is 22.3 Å². The molecule has 2 aliphatic heterocycles. The number of hydrogen-bond donors (Lipinski definition) is 0. The fraction of sp³-hybridized carbons (Fsp3) is 0.182. The number of amidine groups is 1. The summed E-state index contributed by atoms with van der Waals surface area (Å²) in [6.07, 6.45) is -1.27. The summed E-state index contributed by atoms with van der Waals surface area (Å²) in [7, 11) is 0. The Kier molecular flexibility index (Phi) is 5.29. The molecule has 3 aromatic rings. The molecule has 11 heteroatoms. The van der Waals surface area contributed by atoms with Crippen LogP contribution in [0.3, 0.4) is 0 Å². The van der Waals surface area contributed by atoms with E-state index in [0.717, 1.165) is 17.0 Å². The van der Waals surface area contributed by atoms with Crippen LogP contribution in [0.15, 0.2) is 52.5 Å². The Morgan fingerprint density at radius 1 is 1.12 bits per heavy atom. The second kappa shape index (κ2) is 8.03. The highest BCUT2D eigenvalue weighted by atomic mass is 35.5. The Morgan fingerprint density at radius 3 is 2.64 bits per heavy atom. The number of fused-ring (bicyclic) bond motifs is 1. The summed E-state index contributed by atoms with van der Waals surface area (Å²) >= 11 is 6.98. The Balaban J connectivity index is 1.39. The third-order valence-electron chi connectivity index (χ3n) is 5.28. The number of thioether (sulfide) groups is 1. The van der Waals surface area contributed by atoms with Gasteiger partial charge in [0.1, 0.15) is 0 Å². The zero-order chi connectivity index (χ0) is 23.3. The lowest BCUT2D eigenvalue weighted by molar-refractivity contribution is -0.138.